The van der Waals surface area contributed by atoms with Crippen molar-refractivity contribution in [2.45, 2.75) is 0 Å². The smallest absolute Gasteiger partial charge is 0.365 e. The van der Waals surface area contributed by atoms with E-state index in [-0.39, 0.29) is 23.0 Å². The van der Waals surface area contributed by atoms with Crippen molar-refractivity contribution in [1.29, 1.82) is 10.5 Å². The number of carbonyl (C=O) groups is 1. The molecule has 8 heteroatoms. The maximum Gasteiger partial charge on any atom is 0.365 e. The van der Waals surface area contributed by atoms with E-state index in [1.54, 1.807) is 36.4 Å². The van der Waals surface area contributed by atoms with Crippen LogP contribution in [-0.4, -0.2) is 26.9 Å². The zero-order valence-electron chi connectivity index (χ0n) is 11.0. The van der Waals surface area contributed by atoms with Crippen LogP contribution in [0.1, 0.15) is 17.0 Å². The van der Waals surface area contributed by atoms with Crippen LogP contribution in [0.2, 0.25) is 0 Å². The third-order valence-electron chi connectivity index (χ3n) is 2.72. The van der Waals surface area contributed by atoms with Gasteiger partial charge in [0.05, 0.1) is 6.20 Å². The Morgan fingerprint density at radius 2 is 1.73 bits per heavy atom. The minimum absolute atomic E-state index is 0.0252. The van der Waals surface area contributed by atoms with Gasteiger partial charge in [-0.1, -0.05) is 18.2 Å². The summed E-state index contributed by atoms with van der Waals surface area (Å²) in [5, 5.41) is 25.1. The number of ether oxygens (including phenoxy) is 1. The van der Waals surface area contributed by atoms with Gasteiger partial charge in [0.15, 0.2) is 5.70 Å². The number of benzene rings is 1. The van der Waals surface area contributed by atoms with E-state index in [1.165, 1.54) is 6.20 Å². The molecule has 0 saturated carbocycles. The molecule has 0 bridgehead atoms. The van der Waals surface area contributed by atoms with Crippen molar-refractivity contribution in [2.24, 2.45) is 4.99 Å². The maximum atomic E-state index is 11.8. The van der Waals surface area contributed by atoms with E-state index in [0.29, 0.717) is 5.56 Å². The van der Waals surface area contributed by atoms with Crippen molar-refractivity contribution in [3.05, 3.63) is 53.0 Å². The second-order valence-electron chi connectivity index (χ2n) is 4.13. The lowest BCUT2D eigenvalue weighted by atomic mass is 10.2. The van der Waals surface area contributed by atoms with Crippen LogP contribution in [0.4, 0.5) is 0 Å². The SMILES string of the molecule is N#Cc1nn(/C=C2/N=C(c3ccccc3)OC2=O)nc1C#N. The fourth-order valence-corrected chi connectivity index (χ4v) is 1.74. The number of carbonyl (C=O) groups excluding carboxylic acids is 1. The Balaban J connectivity index is 1.97. The van der Waals surface area contributed by atoms with Gasteiger partial charge in [0.1, 0.15) is 12.1 Å². The van der Waals surface area contributed by atoms with Gasteiger partial charge in [-0.2, -0.15) is 15.3 Å². The van der Waals surface area contributed by atoms with E-state index in [4.69, 9.17) is 15.3 Å². The van der Waals surface area contributed by atoms with Crippen molar-refractivity contribution >= 4 is 18.1 Å². The molecule has 0 aliphatic carbocycles. The van der Waals surface area contributed by atoms with Gasteiger partial charge >= 0.3 is 5.97 Å². The normalized spacial score (nSPS) is 15.1. The lowest BCUT2D eigenvalue weighted by Gasteiger charge is -1.97. The minimum atomic E-state index is -0.659. The number of aromatic nitrogens is 3. The highest BCUT2D eigenvalue weighted by atomic mass is 16.6. The van der Waals surface area contributed by atoms with Crippen LogP contribution in [0.25, 0.3) is 6.20 Å². The first-order chi connectivity index (χ1) is 10.7. The van der Waals surface area contributed by atoms with Crippen molar-refractivity contribution < 1.29 is 9.53 Å². The first kappa shape index (κ1) is 13.2. The predicted octanol–water partition coefficient (Wildman–Crippen LogP) is 0.823. The number of nitriles is 2. The molecule has 0 saturated heterocycles. The molecule has 0 N–H and O–H groups in total. The van der Waals surface area contributed by atoms with Crippen LogP contribution in [-0.2, 0) is 9.53 Å². The Labute approximate surface area is 124 Å². The molecule has 104 valence electrons. The average molecular weight is 290 g/mol. The molecule has 1 aliphatic rings. The van der Waals surface area contributed by atoms with Gasteiger partial charge in [0.25, 0.3) is 0 Å². The van der Waals surface area contributed by atoms with Gasteiger partial charge in [-0.05, 0) is 12.1 Å². The van der Waals surface area contributed by atoms with E-state index in [9.17, 15) is 4.79 Å². The summed E-state index contributed by atoms with van der Waals surface area (Å²) in [7, 11) is 0. The van der Waals surface area contributed by atoms with Crippen molar-refractivity contribution in [3.8, 4) is 12.1 Å². The predicted molar refractivity (Wildman–Crippen MR) is 72.8 cm³/mol. The molecule has 0 amide bonds. The maximum absolute atomic E-state index is 11.8. The lowest BCUT2D eigenvalue weighted by molar-refractivity contribution is -0.129. The Bertz CT molecular complexity index is 864. The van der Waals surface area contributed by atoms with E-state index >= 15 is 0 Å². The first-order valence-electron chi connectivity index (χ1n) is 6.06. The number of esters is 1. The fourth-order valence-electron chi connectivity index (χ4n) is 1.74. The topological polar surface area (TPSA) is 117 Å². The summed E-state index contributed by atoms with van der Waals surface area (Å²) in [6.07, 6.45) is 1.19. The van der Waals surface area contributed by atoms with Crippen LogP contribution in [0, 0.1) is 22.7 Å². The Morgan fingerprint density at radius 3 is 2.32 bits per heavy atom. The highest BCUT2D eigenvalue weighted by molar-refractivity contribution is 6.12. The Hall–Kier alpha value is -3.78. The van der Waals surface area contributed by atoms with Crippen LogP contribution in [0.3, 0.4) is 0 Å². The van der Waals surface area contributed by atoms with Crippen LogP contribution in [0.5, 0.6) is 0 Å². The fraction of sp³-hybridized carbons (Fsp3) is 0. The average Bonchev–Trinajstić information content (AvgIpc) is 3.12. The molecule has 2 heterocycles. The van der Waals surface area contributed by atoms with Crippen molar-refractivity contribution in [1.82, 2.24) is 15.0 Å². The summed E-state index contributed by atoms with van der Waals surface area (Å²) < 4.78 is 5.07. The van der Waals surface area contributed by atoms with E-state index in [0.717, 1.165) is 4.80 Å². The number of hydrogen-bond acceptors (Lipinski definition) is 7. The lowest BCUT2D eigenvalue weighted by Crippen LogP contribution is -2.05. The molecule has 1 aromatic carbocycles. The van der Waals surface area contributed by atoms with Gasteiger partial charge in [-0.3, -0.25) is 0 Å². The van der Waals surface area contributed by atoms with Gasteiger partial charge in [-0.25, -0.2) is 9.79 Å². The van der Waals surface area contributed by atoms with E-state index in [2.05, 4.69) is 15.2 Å². The second-order valence-corrected chi connectivity index (χ2v) is 4.13. The van der Waals surface area contributed by atoms with Gasteiger partial charge < -0.3 is 4.74 Å². The monoisotopic (exact) mass is 290 g/mol. The molecule has 0 fully saturated rings. The zero-order valence-corrected chi connectivity index (χ0v) is 11.0. The Kier molecular flexibility index (Phi) is 3.19. The summed E-state index contributed by atoms with van der Waals surface area (Å²) in [6, 6.07) is 12.4. The molecule has 8 nitrogen and oxygen atoms in total. The molecule has 0 atom stereocenters. The molecule has 3 rings (SSSR count). The van der Waals surface area contributed by atoms with Gasteiger partial charge in [0, 0.05) is 5.56 Å². The van der Waals surface area contributed by atoms with Crippen LogP contribution < -0.4 is 0 Å². The largest absolute Gasteiger partial charge is 0.402 e. The van der Waals surface area contributed by atoms with Gasteiger partial charge in [0.2, 0.25) is 17.3 Å². The third kappa shape index (κ3) is 2.32. The number of hydrogen-bond donors (Lipinski definition) is 0. The molecule has 0 unspecified atom stereocenters. The molecular formula is C14H6N6O2. The summed E-state index contributed by atoms with van der Waals surface area (Å²) in [4.78, 5) is 16.8. The summed E-state index contributed by atoms with van der Waals surface area (Å²) in [6.45, 7) is 0. The number of cyclic esters (lactones) is 1. The van der Waals surface area contributed by atoms with Crippen molar-refractivity contribution in [2.75, 3.05) is 0 Å². The zero-order chi connectivity index (χ0) is 15.5. The molecule has 1 aromatic heterocycles. The number of aliphatic imine (C=N–C) groups is 1. The van der Waals surface area contributed by atoms with E-state index in [1.807, 2.05) is 6.07 Å². The molecule has 1 aliphatic heterocycles. The quantitative estimate of drug-likeness (QED) is 0.597. The van der Waals surface area contributed by atoms with Crippen LogP contribution in [0.15, 0.2) is 41.0 Å². The third-order valence-corrected chi connectivity index (χ3v) is 2.72. The molecular weight excluding hydrogens is 284 g/mol. The summed E-state index contributed by atoms with van der Waals surface area (Å²) in [5.74, 6) is -0.488. The van der Waals surface area contributed by atoms with Gasteiger partial charge in [-0.15, -0.1) is 10.2 Å². The summed E-state index contributed by atoms with van der Waals surface area (Å²) >= 11 is 0. The number of rotatable bonds is 2. The standard InChI is InChI=1S/C14H6N6O2/c15-6-10-11(7-16)19-20(18-10)8-12-14(21)22-13(17-12)9-4-2-1-3-5-9/h1-5,8H/b12-8+. The summed E-state index contributed by atoms with van der Waals surface area (Å²) in [5.41, 5.74) is 0.377. The number of nitrogens with zero attached hydrogens (tertiary/aromatic N) is 6. The van der Waals surface area contributed by atoms with Crippen molar-refractivity contribution in [3.63, 3.8) is 0 Å². The highest BCUT2D eigenvalue weighted by Gasteiger charge is 2.24. The second kappa shape index (κ2) is 5.31. The molecule has 0 radical (unpaired) electrons. The first-order valence-corrected chi connectivity index (χ1v) is 6.06. The molecule has 0 spiro atoms. The highest BCUT2D eigenvalue weighted by Crippen LogP contribution is 2.16. The Morgan fingerprint density at radius 1 is 1.09 bits per heavy atom. The van der Waals surface area contributed by atoms with Crippen LogP contribution >= 0.6 is 0 Å². The molecule has 22 heavy (non-hydrogen) atoms. The minimum Gasteiger partial charge on any atom is -0.402 e. The molecule has 2 aromatic rings. The van der Waals surface area contributed by atoms with E-state index < -0.39 is 5.97 Å².